The highest BCUT2D eigenvalue weighted by molar-refractivity contribution is 5.81. The minimum Gasteiger partial charge on any atom is -0.462 e. The summed E-state index contributed by atoms with van der Waals surface area (Å²) in [5, 5.41) is 0. The zero-order chi connectivity index (χ0) is 15.8. The van der Waals surface area contributed by atoms with Gasteiger partial charge in [-0.1, -0.05) is 19.6 Å². The van der Waals surface area contributed by atoms with Gasteiger partial charge in [0.05, 0.1) is 13.2 Å². The topological polar surface area (TPSA) is 52.6 Å². The molecule has 2 bridgehead atoms. The summed E-state index contributed by atoms with van der Waals surface area (Å²) in [4.78, 5) is 23.0. The highest BCUT2D eigenvalue weighted by Gasteiger charge is 2.68. The number of hydrogen-bond acceptors (Lipinski definition) is 4. The summed E-state index contributed by atoms with van der Waals surface area (Å²) in [7, 11) is 0. The maximum atomic E-state index is 11.5. The molecule has 0 aromatic carbocycles. The van der Waals surface area contributed by atoms with Gasteiger partial charge in [0.15, 0.2) is 0 Å². The normalized spacial score (nSPS) is 38.4. The van der Waals surface area contributed by atoms with E-state index in [0.29, 0.717) is 25.0 Å². The van der Waals surface area contributed by atoms with Gasteiger partial charge in [-0.2, -0.15) is 0 Å². The van der Waals surface area contributed by atoms with Crippen molar-refractivity contribution >= 4 is 11.9 Å². The molecule has 0 radical (unpaired) electrons. The van der Waals surface area contributed by atoms with Gasteiger partial charge < -0.3 is 9.47 Å². The molecule has 4 unspecified atom stereocenters. The number of hydrogen-bond donors (Lipinski definition) is 0. The maximum absolute atomic E-state index is 11.5. The van der Waals surface area contributed by atoms with E-state index in [1.807, 2.05) is 0 Å². The monoisotopic (exact) mass is 304 g/mol. The number of ether oxygens (including phenoxy) is 2. The molecule has 4 heteroatoms. The van der Waals surface area contributed by atoms with Crippen LogP contribution in [0.3, 0.4) is 0 Å². The Morgan fingerprint density at radius 1 is 1.05 bits per heavy atom. The van der Waals surface area contributed by atoms with Crippen molar-refractivity contribution in [3.05, 3.63) is 25.3 Å². The smallest absolute Gasteiger partial charge is 0.330 e. The Kier molecular flexibility index (Phi) is 3.87. The van der Waals surface area contributed by atoms with E-state index in [1.165, 1.54) is 31.4 Å². The summed E-state index contributed by atoms with van der Waals surface area (Å²) in [6, 6.07) is 0. The van der Waals surface area contributed by atoms with Crippen molar-refractivity contribution in [3.8, 4) is 0 Å². The number of carbonyl (C=O) groups excluding carboxylic acids is 2. The molecule has 0 aromatic rings. The third kappa shape index (κ3) is 2.11. The summed E-state index contributed by atoms with van der Waals surface area (Å²) in [5.74, 6) is 0.562. The number of rotatable bonds is 6. The Morgan fingerprint density at radius 2 is 1.73 bits per heavy atom. The molecule has 3 fully saturated rings. The fraction of sp³-hybridized carbons (Fsp3) is 0.667. The van der Waals surface area contributed by atoms with E-state index in [-0.39, 0.29) is 22.8 Å². The summed E-state index contributed by atoms with van der Waals surface area (Å²) >= 11 is 0. The van der Waals surface area contributed by atoms with Gasteiger partial charge in [-0.3, -0.25) is 0 Å². The minimum atomic E-state index is -0.363. The summed E-state index contributed by atoms with van der Waals surface area (Å²) in [5.41, 5.74) is -0.0466. The Balaban J connectivity index is 1.82. The molecule has 120 valence electrons. The lowest BCUT2D eigenvalue weighted by atomic mass is 9.60. The lowest BCUT2D eigenvalue weighted by molar-refractivity contribution is -0.156. The zero-order valence-electron chi connectivity index (χ0n) is 13.0. The van der Waals surface area contributed by atoms with E-state index in [4.69, 9.17) is 9.47 Å². The van der Waals surface area contributed by atoms with Crippen molar-refractivity contribution in [2.75, 3.05) is 13.2 Å². The molecule has 4 atom stereocenters. The molecule has 0 aromatic heterocycles. The van der Waals surface area contributed by atoms with E-state index in [1.54, 1.807) is 0 Å². The van der Waals surface area contributed by atoms with E-state index < -0.39 is 0 Å². The van der Waals surface area contributed by atoms with Crippen LogP contribution in [0.25, 0.3) is 0 Å². The SMILES string of the molecule is C=CC(=O)OCC12CCC(C1)C1CCCC12COC(=O)C=C. The van der Waals surface area contributed by atoms with Crippen molar-refractivity contribution in [3.63, 3.8) is 0 Å². The second-order valence-electron chi connectivity index (χ2n) is 7.06. The Morgan fingerprint density at radius 3 is 2.41 bits per heavy atom. The summed E-state index contributed by atoms with van der Waals surface area (Å²) < 4.78 is 10.9. The average molecular weight is 304 g/mol. The second-order valence-corrected chi connectivity index (χ2v) is 7.06. The van der Waals surface area contributed by atoms with E-state index >= 15 is 0 Å². The lowest BCUT2D eigenvalue weighted by Crippen LogP contribution is -2.47. The predicted octanol–water partition coefficient (Wildman–Crippen LogP) is 3.03. The largest absolute Gasteiger partial charge is 0.462 e. The molecular formula is C18H24O4. The van der Waals surface area contributed by atoms with Gasteiger partial charge in [0, 0.05) is 23.0 Å². The van der Waals surface area contributed by atoms with Crippen LogP contribution in [0, 0.1) is 22.7 Å². The fourth-order valence-electron chi connectivity index (χ4n) is 5.54. The maximum Gasteiger partial charge on any atom is 0.330 e. The number of esters is 2. The highest BCUT2D eigenvalue weighted by atomic mass is 16.5. The molecule has 0 N–H and O–H groups in total. The standard InChI is InChI=1S/C18H24O4/c1-3-15(19)21-11-17-9-7-13(10-17)14-6-5-8-18(14,17)12-22-16(20)4-2/h3-4,13-14H,1-2,5-12H2. The highest BCUT2D eigenvalue weighted by Crippen LogP contribution is 2.72. The first-order valence-corrected chi connectivity index (χ1v) is 8.15. The van der Waals surface area contributed by atoms with Crippen molar-refractivity contribution in [2.24, 2.45) is 22.7 Å². The van der Waals surface area contributed by atoms with Crippen LogP contribution in [0.1, 0.15) is 38.5 Å². The fourth-order valence-corrected chi connectivity index (χ4v) is 5.54. The van der Waals surface area contributed by atoms with Gasteiger partial charge in [0.2, 0.25) is 0 Å². The van der Waals surface area contributed by atoms with E-state index in [2.05, 4.69) is 13.2 Å². The molecule has 0 aliphatic heterocycles. The number of fused-ring (bicyclic) bond motifs is 5. The van der Waals surface area contributed by atoms with Crippen molar-refractivity contribution in [2.45, 2.75) is 38.5 Å². The molecule has 3 aliphatic rings. The zero-order valence-corrected chi connectivity index (χ0v) is 13.0. The molecule has 3 saturated carbocycles. The van der Waals surface area contributed by atoms with Gasteiger partial charge in [-0.05, 0) is 43.9 Å². The van der Waals surface area contributed by atoms with Gasteiger partial charge >= 0.3 is 11.9 Å². The van der Waals surface area contributed by atoms with Crippen LogP contribution in [0.4, 0.5) is 0 Å². The molecule has 4 nitrogen and oxygen atoms in total. The van der Waals surface area contributed by atoms with Crippen molar-refractivity contribution in [1.82, 2.24) is 0 Å². The van der Waals surface area contributed by atoms with E-state index in [9.17, 15) is 9.59 Å². The molecule has 3 aliphatic carbocycles. The lowest BCUT2D eigenvalue weighted by Gasteiger charge is -2.47. The molecule has 22 heavy (non-hydrogen) atoms. The molecule has 0 amide bonds. The van der Waals surface area contributed by atoms with Crippen molar-refractivity contribution < 1.29 is 19.1 Å². The summed E-state index contributed by atoms with van der Waals surface area (Å²) in [6.07, 6.45) is 9.22. The van der Waals surface area contributed by atoms with Crippen LogP contribution in [0.5, 0.6) is 0 Å². The van der Waals surface area contributed by atoms with Crippen LogP contribution in [-0.2, 0) is 19.1 Å². The van der Waals surface area contributed by atoms with E-state index in [0.717, 1.165) is 19.3 Å². The van der Waals surface area contributed by atoms with Crippen LogP contribution >= 0.6 is 0 Å². The molecule has 0 saturated heterocycles. The van der Waals surface area contributed by atoms with Gasteiger partial charge in [0.1, 0.15) is 0 Å². The van der Waals surface area contributed by atoms with Crippen molar-refractivity contribution in [1.29, 1.82) is 0 Å². The summed E-state index contributed by atoms with van der Waals surface area (Å²) in [6.45, 7) is 7.80. The molecule has 0 spiro atoms. The van der Waals surface area contributed by atoms with Crippen LogP contribution in [0.2, 0.25) is 0 Å². The Hall–Kier alpha value is -1.58. The second kappa shape index (κ2) is 5.56. The van der Waals surface area contributed by atoms with Crippen LogP contribution in [0.15, 0.2) is 25.3 Å². The third-order valence-electron chi connectivity index (χ3n) is 6.42. The number of carbonyl (C=O) groups is 2. The van der Waals surface area contributed by atoms with Gasteiger partial charge in [-0.25, -0.2) is 9.59 Å². The predicted molar refractivity (Wildman–Crippen MR) is 81.9 cm³/mol. The Labute approximate surface area is 131 Å². The first-order valence-electron chi connectivity index (χ1n) is 8.15. The van der Waals surface area contributed by atoms with Crippen LogP contribution in [-0.4, -0.2) is 25.2 Å². The Bertz CT molecular complexity index is 511. The first-order chi connectivity index (χ1) is 10.6. The van der Waals surface area contributed by atoms with Gasteiger partial charge in [-0.15, -0.1) is 0 Å². The molecular weight excluding hydrogens is 280 g/mol. The average Bonchev–Trinajstić information content (AvgIpc) is 3.20. The third-order valence-corrected chi connectivity index (χ3v) is 6.42. The molecule has 0 heterocycles. The first kappa shape index (κ1) is 15.3. The molecule has 3 rings (SSSR count). The van der Waals surface area contributed by atoms with Gasteiger partial charge in [0.25, 0.3) is 0 Å². The minimum absolute atomic E-state index is 0.0178. The quantitative estimate of drug-likeness (QED) is 0.559. The van der Waals surface area contributed by atoms with Crippen LogP contribution < -0.4 is 0 Å².